The second-order valence-electron chi connectivity index (χ2n) is 6.83. The van der Waals surface area contributed by atoms with Crippen LogP contribution in [0.4, 0.5) is 0 Å². The zero-order valence-corrected chi connectivity index (χ0v) is 11.0. The second kappa shape index (κ2) is 3.13. The third-order valence-electron chi connectivity index (χ3n) is 5.48. The minimum atomic E-state index is 0.185. The number of epoxide rings is 1. The first-order valence-electron chi connectivity index (χ1n) is 6.80. The van der Waals surface area contributed by atoms with Crippen LogP contribution < -0.4 is 0 Å². The van der Waals surface area contributed by atoms with E-state index >= 15 is 0 Å². The fraction of sp³-hybridized carbons (Fsp3) is 0.867. The molecule has 3 aliphatic rings. The molecule has 1 unspecified atom stereocenters. The maximum absolute atomic E-state index is 5.67. The normalized spacial score (nSPS) is 44.9. The Morgan fingerprint density at radius 2 is 2.19 bits per heavy atom. The molecule has 1 heteroatoms. The van der Waals surface area contributed by atoms with Crippen LogP contribution in [0.15, 0.2) is 11.6 Å². The molecule has 1 heterocycles. The highest BCUT2D eigenvalue weighted by Gasteiger charge is 2.59. The number of rotatable bonds is 4. The predicted octanol–water partition coefficient (Wildman–Crippen LogP) is 3.94. The Labute approximate surface area is 99.3 Å². The molecule has 0 N–H and O–H groups in total. The highest BCUT2D eigenvalue weighted by atomic mass is 16.6. The van der Waals surface area contributed by atoms with Gasteiger partial charge in [0.05, 0.1) is 11.7 Å². The van der Waals surface area contributed by atoms with Crippen LogP contribution in [0.3, 0.4) is 0 Å². The molecule has 3 rings (SSSR count). The summed E-state index contributed by atoms with van der Waals surface area (Å²) in [7, 11) is 0. The van der Waals surface area contributed by atoms with Gasteiger partial charge in [-0.15, -0.1) is 0 Å². The molecule has 90 valence electrons. The smallest absolute Gasteiger partial charge is 0.0892 e. The molecule has 2 aliphatic carbocycles. The van der Waals surface area contributed by atoms with Crippen molar-refractivity contribution in [3.8, 4) is 0 Å². The van der Waals surface area contributed by atoms with Crippen molar-refractivity contribution in [3.63, 3.8) is 0 Å². The third kappa shape index (κ3) is 1.48. The summed E-state index contributed by atoms with van der Waals surface area (Å²) >= 11 is 0. The van der Waals surface area contributed by atoms with Crippen molar-refractivity contribution in [2.24, 2.45) is 17.3 Å². The first kappa shape index (κ1) is 10.8. The molecule has 1 saturated carbocycles. The molecule has 16 heavy (non-hydrogen) atoms. The summed E-state index contributed by atoms with van der Waals surface area (Å²) in [5.74, 6) is 1.82. The van der Waals surface area contributed by atoms with Crippen molar-refractivity contribution in [1.29, 1.82) is 0 Å². The molecule has 0 radical (unpaired) electrons. The van der Waals surface area contributed by atoms with Gasteiger partial charge in [0, 0.05) is 0 Å². The topological polar surface area (TPSA) is 12.5 Å². The molecule has 1 saturated heterocycles. The van der Waals surface area contributed by atoms with Crippen LogP contribution in [0.1, 0.15) is 53.4 Å². The standard InChI is InChI=1S/C15H24O/c1-10-7-8-15(9-12(10)15)11(2)5-6-13-14(3,4)16-13/h7,11-13H,5-6,8-9H2,1-4H3/t11-,12-,13+,15?/m1/s1. The van der Waals surface area contributed by atoms with Crippen LogP contribution in [0.25, 0.3) is 0 Å². The van der Waals surface area contributed by atoms with E-state index < -0.39 is 0 Å². The van der Waals surface area contributed by atoms with Gasteiger partial charge in [0.25, 0.3) is 0 Å². The fourth-order valence-electron chi connectivity index (χ4n) is 3.83. The van der Waals surface area contributed by atoms with Crippen molar-refractivity contribution < 1.29 is 4.74 Å². The molecular formula is C15H24O. The third-order valence-corrected chi connectivity index (χ3v) is 5.48. The van der Waals surface area contributed by atoms with E-state index in [1.807, 2.05) is 0 Å². The molecule has 1 aliphatic heterocycles. The second-order valence-corrected chi connectivity index (χ2v) is 6.83. The number of ether oxygens (including phenoxy) is 1. The van der Waals surface area contributed by atoms with Gasteiger partial charge >= 0.3 is 0 Å². The van der Waals surface area contributed by atoms with Gasteiger partial charge in [0.1, 0.15) is 0 Å². The first-order chi connectivity index (χ1) is 7.46. The van der Waals surface area contributed by atoms with Gasteiger partial charge in [-0.05, 0) is 63.7 Å². The Morgan fingerprint density at radius 1 is 1.50 bits per heavy atom. The molecule has 1 nitrogen and oxygen atoms in total. The van der Waals surface area contributed by atoms with Crippen LogP contribution in [0.2, 0.25) is 0 Å². The Kier molecular flexibility index (Phi) is 2.12. The lowest BCUT2D eigenvalue weighted by molar-refractivity contribution is 0.277. The summed E-state index contributed by atoms with van der Waals surface area (Å²) in [6, 6.07) is 0. The average Bonchev–Trinajstić information content (AvgIpc) is 3.06. The van der Waals surface area contributed by atoms with Crippen LogP contribution in [-0.2, 0) is 4.74 Å². The predicted molar refractivity (Wildman–Crippen MR) is 66.3 cm³/mol. The number of hydrogen-bond donors (Lipinski definition) is 0. The lowest BCUT2D eigenvalue weighted by Gasteiger charge is -2.21. The molecule has 0 aromatic rings. The van der Waals surface area contributed by atoms with E-state index in [4.69, 9.17) is 4.74 Å². The Hall–Kier alpha value is -0.300. The molecule has 2 fully saturated rings. The molecule has 0 aromatic carbocycles. The Bertz CT molecular complexity index is 341. The number of fused-ring (bicyclic) bond motifs is 1. The summed E-state index contributed by atoms with van der Waals surface area (Å²) in [5.41, 5.74) is 2.53. The molecule has 0 aromatic heterocycles. The number of hydrogen-bond acceptors (Lipinski definition) is 1. The average molecular weight is 220 g/mol. The Morgan fingerprint density at radius 3 is 2.62 bits per heavy atom. The molecule has 0 spiro atoms. The van der Waals surface area contributed by atoms with Crippen LogP contribution in [-0.4, -0.2) is 11.7 Å². The van der Waals surface area contributed by atoms with E-state index in [9.17, 15) is 0 Å². The summed E-state index contributed by atoms with van der Waals surface area (Å²) < 4.78 is 5.67. The highest BCUT2D eigenvalue weighted by Crippen LogP contribution is 2.68. The van der Waals surface area contributed by atoms with E-state index in [2.05, 4.69) is 33.8 Å². The maximum Gasteiger partial charge on any atom is 0.0892 e. The van der Waals surface area contributed by atoms with Gasteiger partial charge in [-0.3, -0.25) is 0 Å². The van der Waals surface area contributed by atoms with E-state index in [1.165, 1.54) is 25.7 Å². The molecule has 0 amide bonds. The van der Waals surface area contributed by atoms with Crippen LogP contribution in [0.5, 0.6) is 0 Å². The van der Waals surface area contributed by atoms with E-state index in [1.54, 1.807) is 5.57 Å². The highest BCUT2D eigenvalue weighted by molar-refractivity contribution is 5.29. The lowest BCUT2D eigenvalue weighted by atomic mass is 9.83. The largest absolute Gasteiger partial charge is 0.367 e. The number of allylic oxidation sites excluding steroid dienone is 2. The first-order valence-corrected chi connectivity index (χ1v) is 6.80. The maximum atomic E-state index is 5.67. The zero-order valence-electron chi connectivity index (χ0n) is 11.0. The van der Waals surface area contributed by atoms with Crippen molar-refractivity contribution in [1.82, 2.24) is 0 Å². The van der Waals surface area contributed by atoms with Crippen molar-refractivity contribution in [2.45, 2.75) is 65.1 Å². The summed E-state index contributed by atoms with van der Waals surface area (Å²) in [4.78, 5) is 0. The van der Waals surface area contributed by atoms with Gasteiger partial charge in [-0.1, -0.05) is 18.6 Å². The summed E-state index contributed by atoms with van der Waals surface area (Å²) in [6.45, 7) is 9.20. The lowest BCUT2D eigenvalue weighted by Crippen LogP contribution is -2.14. The SMILES string of the molecule is CC1=CCC2([C@H](C)CC[C@@H]3OC3(C)C)C[C@H]12. The van der Waals surface area contributed by atoms with Gasteiger partial charge in [0.15, 0.2) is 0 Å². The molecular weight excluding hydrogens is 196 g/mol. The molecule has 0 bridgehead atoms. The minimum Gasteiger partial charge on any atom is -0.367 e. The summed E-state index contributed by atoms with van der Waals surface area (Å²) in [6.07, 6.45) is 8.44. The van der Waals surface area contributed by atoms with Crippen molar-refractivity contribution in [3.05, 3.63) is 11.6 Å². The minimum absolute atomic E-state index is 0.185. The zero-order chi connectivity index (χ0) is 11.6. The fourth-order valence-corrected chi connectivity index (χ4v) is 3.83. The monoisotopic (exact) mass is 220 g/mol. The van der Waals surface area contributed by atoms with Crippen LogP contribution in [0, 0.1) is 17.3 Å². The Balaban J connectivity index is 1.51. The van der Waals surface area contributed by atoms with Gasteiger partial charge in [-0.2, -0.15) is 0 Å². The van der Waals surface area contributed by atoms with Gasteiger partial charge < -0.3 is 4.74 Å². The van der Waals surface area contributed by atoms with Crippen molar-refractivity contribution in [2.75, 3.05) is 0 Å². The van der Waals surface area contributed by atoms with E-state index in [0.29, 0.717) is 11.5 Å². The van der Waals surface area contributed by atoms with Gasteiger partial charge in [0.2, 0.25) is 0 Å². The summed E-state index contributed by atoms with van der Waals surface area (Å²) in [5, 5.41) is 0. The van der Waals surface area contributed by atoms with Crippen LogP contribution >= 0.6 is 0 Å². The quantitative estimate of drug-likeness (QED) is 0.516. The molecule has 4 atom stereocenters. The van der Waals surface area contributed by atoms with E-state index in [-0.39, 0.29) is 5.60 Å². The van der Waals surface area contributed by atoms with Crippen molar-refractivity contribution >= 4 is 0 Å². The van der Waals surface area contributed by atoms with E-state index in [0.717, 1.165) is 11.8 Å². The van der Waals surface area contributed by atoms with Gasteiger partial charge in [-0.25, -0.2) is 0 Å².